The molecule has 4 nitrogen and oxygen atoms in total. The van der Waals surface area contributed by atoms with Crippen molar-refractivity contribution in [3.05, 3.63) is 23.8 Å². The Labute approximate surface area is 120 Å². The Balaban J connectivity index is 2.05. The van der Waals surface area contributed by atoms with Crippen LogP contribution in [0.1, 0.15) is 42.5 Å². The summed E-state index contributed by atoms with van der Waals surface area (Å²) in [6.45, 7) is 1.03. The van der Waals surface area contributed by atoms with Crippen molar-refractivity contribution < 1.29 is 9.53 Å². The minimum absolute atomic E-state index is 0.349. The maximum atomic E-state index is 11.5. The smallest absolute Gasteiger partial charge is 0.337 e. The van der Waals surface area contributed by atoms with Crippen molar-refractivity contribution in [2.24, 2.45) is 5.92 Å². The average molecular weight is 276 g/mol. The zero-order chi connectivity index (χ0) is 14.5. The molecule has 1 aromatic rings. The Hall–Kier alpha value is -1.71. The molecule has 0 unspecified atom stereocenters. The maximum absolute atomic E-state index is 11.5. The third-order valence-electron chi connectivity index (χ3n) is 4.12. The number of esters is 1. The zero-order valence-electron chi connectivity index (χ0n) is 12.4. The van der Waals surface area contributed by atoms with Gasteiger partial charge in [-0.25, -0.2) is 4.79 Å². The van der Waals surface area contributed by atoms with E-state index >= 15 is 0 Å². The van der Waals surface area contributed by atoms with Crippen molar-refractivity contribution in [3.8, 4) is 0 Å². The van der Waals surface area contributed by atoms with Crippen LogP contribution in [0, 0.1) is 5.92 Å². The first-order valence-electron chi connectivity index (χ1n) is 7.30. The Morgan fingerprint density at radius 2 is 2.05 bits per heavy atom. The van der Waals surface area contributed by atoms with Gasteiger partial charge in [0.05, 0.1) is 24.0 Å². The lowest BCUT2D eigenvalue weighted by Crippen LogP contribution is -2.27. The zero-order valence-corrected chi connectivity index (χ0v) is 12.4. The van der Waals surface area contributed by atoms with Crippen LogP contribution >= 0.6 is 0 Å². The van der Waals surface area contributed by atoms with E-state index in [0.717, 1.165) is 18.2 Å². The Morgan fingerprint density at radius 1 is 1.35 bits per heavy atom. The van der Waals surface area contributed by atoms with Gasteiger partial charge in [0.2, 0.25) is 0 Å². The van der Waals surface area contributed by atoms with Gasteiger partial charge in [-0.1, -0.05) is 19.3 Å². The number of hydrogen-bond acceptors (Lipinski definition) is 4. The molecule has 1 aliphatic rings. The molecule has 110 valence electrons. The molecule has 0 saturated heterocycles. The highest BCUT2D eigenvalue weighted by molar-refractivity contribution is 5.91. The molecular formula is C16H24N2O2. The molecule has 0 atom stereocenters. The number of anilines is 2. The fourth-order valence-electron chi connectivity index (χ4n) is 3.00. The quantitative estimate of drug-likeness (QED) is 0.678. The third-order valence-corrected chi connectivity index (χ3v) is 4.12. The van der Waals surface area contributed by atoms with Crippen molar-refractivity contribution >= 4 is 17.3 Å². The number of nitrogens with two attached hydrogens (primary N) is 1. The van der Waals surface area contributed by atoms with Gasteiger partial charge in [-0.15, -0.1) is 0 Å². The summed E-state index contributed by atoms with van der Waals surface area (Å²) in [5, 5.41) is 0. The van der Waals surface area contributed by atoms with E-state index in [2.05, 4.69) is 11.9 Å². The first-order valence-corrected chi connectivity index (χ1v) is 7.30. The van der Waals surface area contributed by atoms with E-state index in [1.54, 1.807) is 12.1 Å². The predicted octanol–water partition coefficient (Wildman–Crippen LogP) is 3.07. The average Bonchev–Trinajstić information content (AvgIpc) is 2.47. The molecule has 1 aromatic carbocycles. The van der Waals surface area contributed by atoms with Crippen molar-refractivity contribution in [1.29, 1.82) is 0 Å². The van der Waals surface area contributed by atoms with Gasteiger partial charge in [0, 0.05) is 13.6 Å². The number of ether oxygens (including phenoxy) is 1. The summed E-state index contributed by atoms with van der Waals surface area (Å²) < 4.78 is 4.71. The molecule has 0 amide bonds. The highest BCUT2D eigenvalue weighted by Gasteiger charge is 2.17. The molecule has 2 N–H and O–H groups in total. The lowest BCUT2D eigenvalue weighted by atomic mass is 9.89. The van der Waals surface area contributed by atoms with E-state index in [9.17, 15) is 4.79 Å². The second-order valence-electron chi connectivity index (χ2n) is 5.65. The second kappa shape index (κ2) is 6.64. The summed E-state index contributed by atoms with van der Waals surface area (Å²) in [6.07, 6.45) is 6.68. The molecular weight excluding hydrogens is 252 g/mol. The molecule has 2 rings (SSSR count). The van der Waals surface area contributed by atoms with Crippen LogP contribution in [0.3, 0.4) is 0 Å². The molecule has 1 aliphatic carbocycles. The van der Waals surface area contributed by atoms with E-state index in [4.69, 9.17) is 10.5 Å². The molecule has 20 heavy (non-hydrogen) atoms. The van der Waals surface area contributed by atoms with Crippen LogP contribution in [0.25, 0.3) is 0 Å². The van der Waals surface area contributed by atoms with Crippen molar-refractivity contribution in [2.75, 3.05) is 31.3 Å². The number of benzene rings is 1. The topological polar surface area (TPSA) is 55.6 Å². The number of rotatable bonds is 4. The monoisotopic (exact) mass is 276 g/mol. The molecule has 0 heterocycles. The standard InChI is InChI=1S/C16H24N2O2/c1-18(11-12-6-4-3-5-7-12)15-9-8-13(10-14(15)17)16(19)20-2/h8-10,12H,3-7,11,17H2,1-2H3. The Bertz CT molecular complexity index is 468. The van der Waals surface area contributed by atoms with Crippen LogP contribution in [0.4, 0.5) is 11.4 Å². The van der Waals surface area contributed by atoms with Gasteiger partial charge in [0.15, 0.2) is 0 Å². The fourth-order valence-corrected chi connectivity index (χ4v) is 3.00. The lowest BCUT2D eigenvalue weighted by Gasteiger charge is -2.29. The van der Waals surface area contributed by atoms with Crippen LogP contribution in [0.15, 0.2) is 18.2 Å². The molecule has 0 radical (unpaired) electrons. The summed E-state index contributed by atoms with van der Waals surface area (Å²) in [4.78, 5) is 13.7. The van der Waals surface area contributed by atoms with E-state index < -0.39 is 0 Å². The highest BCUT2D eigenvalue weighted by atomic mass is 16.5. The van der Waals surface area contributed by atoms with E-state index in [0.29, 0.717) is 11.3 Å². The summed E-state index contributed by atoms with van der Waals surface area (Å²) >= 11 is 0. The maximum Gasteiger partial charge on any atom is 0.337 e. The van der Waals surface area contributed by atoms with Gasteiger partial charge in [-0.3, -0.25) is 0 Å². The predicted molar refractivity (Wildman–Crippen MR) is 82.0 cm³/mol. The van der Waals surface area contributed by atoms with Gasteiger partial charge in [0.1, 0.15) is 0 Å². The highest BCUT2D eigenvalue weighted by Crippen LogP contribution is 2.28. The Morgan fingerprint density at radius 3 is 2.65 bits per heavy atom. The first kappa shape index (κ1) is 14.7. The van der Waals surface area contributed by atoms with E-state index in [1.807, 2.05) is 6.07 Å². The third kappa shape index (κ3) is 3.44. The molecule has 0 aromatic heterocycles. The summed E-state index contributed by atoms with van der Waals surface area (Å²) in [7, 11) is 3.44. The van der Waals surface area contributed by atoms with Crippen LogP contribution in [-0.2, 0) is 4.74 Å². The normalized spacial score (nSPS) is 15.9. The van der Waals surface area contributed by atoms with Gasteiger partial charge in [-0.2, -0.15) is 0 Å². The summed E-state index contributed by atoms with van der Waals surface area (Å²) in [5.41, 5.74) is 8.19. The molecule has 0 aliphatic heterocycles. The van der Waals surface area contributed by atoms with Crippen molar-refractivity contribution in [1.82, 2.24) is 0 Å². The van der Waals surface area contributed by atoms with Crippen LogP contribution in [0.5, 0.6) is 0 Å². The summed E-state index contributed by atoms with van der Waals surface area (Å²) in [5.74, 6) is 0.409. The number of nitrogens with zero attached hydrogens (tertiary/aromatic N) is 1. The minimum atomic E-state index is -0.349. The number of methoxy groups -OCH3 is 1. The number of carbonyl (C=O) groups excluding carboxylic acids is 1. The number of hydrogen-bond donors (Lipinski definition) is 1. The van der Waals surface area contributed by atoms with Crippen LogP contribution < -0.4 is 10.6 Å². The van der Waals surface area contributed by atoms with Gasteiger partial charge in [-0.05, 0) is 37.0 Å². The molecule has 0 spiro atoms. The Kier molecular flexibility index (Phi) is 4.88. The summed E-state index contributed by atoms with van der Waals surface area (Å²) in [6, 6.07) is 5.37. The molecule has 4 heteroatoms. The minimum Gasteiger partial charge on any atom is -0.465 e. The molecule has 1 saturated carbocycles. The van der Waals surface area contributed by atoms with Gasteiger partial charge in [0.25, 0.3) is 0 Å². The van der Waals surface area contributed by atoms with E-state index in [1.165, 1.54) is 39.2 Å². The second-order valence-corrected chi connectivity index (χ2v) is 5.65. The van der Waals surface area contributed by atoms with Crippen LogP contribution in [-0.4, -0.2) is 26.7 Å². The lowest BCUT2D eigenvalue weighted by molar-refractivity contribution is 0.0601. The van der Waals surface area contributed by atoms with Gasteiger partial charge >= 0.3 is 5.97 Å². The van der Waals surface area contributed by atoms with Gasteiger partial charge < -0.3 is 15.4 Å². The van der Waals surface area contributed by atoms with Crippen molar-refractivity contribution in [3.63, 3.8) is 0 Å². The largest absolute Gasteiger partial charge is 0.465 e. The van der Waals surface area contributed by atoms with Crippen LogP contribution in [0.2, 0.25) is 0 Å². The molecule has 1 fully saturated rings. The molecule has 0 bridgehead atoms. The van der Waals surface area contributed by atoms with E-state index in [-0.39, 0.29) is 5.97 Å². The fraction of sp³-hybridized carbons (Fsp3) is 0.562. The SMILES string of the molecule is COC(=O)c1ccc(N(C)CC2CCCCC2)c(N)c1. The number of nitrogen functional groups attached to an aromatic ring is 1. The first-order chi connectivity index (χ1) is 9.61. The number of carbonyl (C=O) groups is 1. The van der Waals surface area contributed by atoms with Crippen molar-refractivity contribution in [2.45, 2.75) is 32.1 Å².